The van der Waals surface area contributed by atoms with Gasteiger partial charge in [-0.2, -0.15) is 0 Å². The zero-order valence-electron chi connectivity index (χ0n) is 13.9. The van der Waals surface area contributed by atoms with Crippen molar-refractivity contribution in [2.24, 2.45) is 4.99 Å². The predicted octanol–water partition coefficient (Wildman–Crippen LogP) is 3.33. The number of ether oxygens (including phenoxy) is 1. The SMILES string of the molecule is CCNC(=NCc1cccc(OC(C)C)c1)NC(C)CC. The largest absolute Gasteiger partial charge is 0.491 e. The Morgan fingerprint density at radius 2 is 2.00 bits per heavy atom. The van der Waals surface area contributed by atoms with Crippen LogP contribution in [0.4, 0.5) is 0 Å². The van der Waals surface area contributed by atoms with Gasteiger partial charge in [-0.1, -0.05) is 19.1 Å². The Kier molecular flexibility index (Phi) is 7.65. The Bertz CT molecular complexity index is 443. The van der Waals surface area contributed by atoms with Gasteiger partial charge in [0, 0.05) is 12.6 Å². The van der Waals surface area contributed by atoms with Crippen LogP contribution >= 0.6 is 0 Å². The van der Waals surface area contributed by atoms with Crippen LogP contribution in [0.5, 0.6) is 5.75 Å². The van der Waals surface area contributed by atoms with Crippen LogP contribution in [-0.4, -0.2) is 24.7 Å². The second-order valence-electron chi connectivity index (χ2n) is 5.46. The summed E-state index contributed by atoms with van der Waals surface area (Å²) in [4.78, 5) is 4.63. The van der Waals surface area contributed by atoms with Crippen LogP contribution in [0, 0.1) is 0 Å². The lowest BCUT2D eigenvalue weighted by Gasteiger charge is -2.16. The van der Waals surface area contributed by atoms with E-state index in [1.54, 1.807) is 0 Å². The Hall–Kier alpha value is -1.71. The molecular weight excluding hydrogens is 262 g/mol. The smallest absolute Gasteiger partial charge is 0.191 e. The van der Waals surface area contributed by atoms with Gasteiger partial charge in [0.1, 0.15) is 5.75 Å². The molecule has 4 nitrogen and oxygen atoms in total. The molecule has 1 atom stereocenters. The normalized spacial score (nSPS) is 13.1. The predicted molar refractivity (Wildman–Crippen MR) is 89.9 cm³/mol. The van der Waals surface area contributed by atoms with E-state index in [-0.39, 0.29) is 6.10 Å². The first-order valence-corrected chi connectivity index (χ1v) is 7.85. The maximum atomic E-state index is 5.71. The van der Waals surface area contributed by atoms with Gasteiger partial charge >= 0.3 is 0 Å². The van der Waals surface area contributed by atoms with Crippen molar-refractivity contribution >= 4 is 5.96 Å². The quantitative estimate of drug-likeness (QED) is 0.598. The van der Waals surface area contributed by atoms with Gasteiger partial charge in [-0.15, -0.1) is 0 Å². The Balaban J connectivity index is 2.70. The third-order valence-electron chi connectivity index (χ3n) is 3.03. The minimum absolute atomic E-state index is 0.188. The highest BCUT2D eigenvalue weighted by molar-refractivity contribution is 5.80. The molecule has 0 amide bonds. The highest BCUT2D eigenvalue weighted by Crippen LogP contribution is 2.15. The van der Waals surface area contributed by atoms with Crippen LogP contribution in [0.3, 0.4) is 0 Å². The van der Waals surface area contributed by atoms with Gasteiger partial charge in [-0.3, -0.25) is 0 Å². The van der Waals surface area contributed by atoms with Crippen molar-refractivity contribution in [3.8, 4) is 5.75 Å². The van der Waals surface area contributed by atoms with Gasteiger partial charge in [-0.25, -0.2) is 4.99 Å². The zero-order chi connectivity index (χ0) is 15.7. The molecule has 0 aromatic heterocycles. The minimum Gasteiger partial charge on any atom is -0.491 e. The average molecular weight is 291 g/mol. The molecular formula is C17H29N3O. The molecule has 0 radical (unpaired) electrons. The molecule has 0 saturated heterocycles. The number of nitrogens with zero attached hydrogens (tertiary/aromatic N) is 1. The number of guanidine groups is 1. The standard InChI is InChI=1S/C17H29N3O/c1-6-14(5)20-17(18-7-2)19-12-15-9-8-10-16(11-15)21-13(3)4/h8-11,13-14H,6-7,12H2,1-5H3,(H2,18,19,20). The third-order valence-corrected chi connectivity index (χ3v) is 3.03. The molecule has 0 aliphatic heterocycles. The van der Waals surface area contributed by atoms with Crippen molar-refractivity contribution in [3.05, 3.63) is 29.8 Å². The van der Waals surface area contributed by atoms with Crippen molar-refractivity contribution in [1.29, 1.82) is 0 Å². The molecule has 21 heavy (non-hydrogen) atoms. The van der Waals surface area contributed by atoms with Gasteiger partial charge in [0.2, 0.25) is 0 Å². The summed E-state index contributed by atoms with van der Waals surface area (Å²) in [6.07, 6.45) is 1.26. The lowest BCUT2D eigenvalue weighted by Crippen LogP contribution is -2.41. The summed E-state index contributed by atoms with van der Waals surface area (Å²) in [5, 5.41) is 6.66. The maximum absolute atomic E-state index is 5.71. The van der Waals surface area contributed by atoms with Crippen molar-refractivity contribution < 1.29 is 4.74 Å². The number of rotatable bonds is 7. The van der Waals surface area contributed by atoms with E-state index in [4.69, 9.17) is 4.74 Å². The van der Waals surface area contributed by atoms with Gasteiger partial charge in [0.15, 0.2) is 5.96 Å². The molecule has 2 N–H and O–H groups in total. The molecule has 0 aliphatic carbocycles. The lowest BCUT2D eigenvalue weighted by molar-refractivity contribution is 0.242. The summed E-state index contributed by atoms with van der Waals surface area (Å²) in [5.74, 6) is 1.76. The molecule has 0 aliphatic rings. The molecule has 1 aromatic rings. The highest BCUT2D eigenvalue weighted by atomic mass is 16.5. The molecule has 1 rings (SSSR count). The van der Waals surface area contributed by atoms with Crippen LogP contribution < -0.4 is 15.4 Å². The number of aliphatic imine (C=N–C) groups is 1. The summed E-state index contributed by atoms with van der Waals surface area (Å²) in [7, 11) is 0. The van der Waals surface area contributed by atoms with Gasteiger partial charge in [0.25, 0.3) is 0 Å². The second-order valence-corrected chi connectivity index (χ2v) is 5.46. The van der Waals surface area contributed by atoms with Crippen molar-refractivity contribution in [1.82, 2.24) is 10.6 Å². The second kappa shape index (κ2) is 9.27. The number of hydrogen-bond donors (Lipinski definition) is 2. The molecule has 1 aromatic carbocycles. The fraction of sp³-hybridized carbons (Fsp3) is 0.588. The first-order chi connectivity index (χ1) is 10.0. The average Bonchev–Trinajstić information content (AvgIpc) is 2.44. The molecule has 1 unspecified atom stereocenters. The Morgan fingerprint density at radius 1 is 1.24 bits per heavy atom. The molecule has 0 fully saturated rings. The van der Waals surface area contributed by atoms with E-state index < -0.39 is 0 Å². The monoisotopic (exact) mass is 291 g/mol. The summed E-state index contributed by atoms with van der Waals surface area (Å²) in [6.45, 7) is 12.0. The summed E-state index contributed by atoms with van der Waals surface area (Å²) in [5.41, 5.74) is 1.15. The van der Waals surface area contributed by atoms with E-state index in [2.05, 4.69) is 48.5 Å². The minimum atomic E-state index is 0.188. The van der Waals surface area contributed by atoms with Crippen LogP contribution in [-0.2, 0) is 6.54 Å². The fourth-order valence-corrected chi connectivity index (χ4v) is 1.82. The van der Waals surface area contributed by atoms with Gasteiger partial charge in [0.05, 0.1) is 12.6 Å². The maximum Gasteiger partial charge on any atom is 0.191 e. The van der Waals surface area contributed by atoms with E-state index >= 15 is 0 Å². The van der Waals surface area contributed by atoms with Crippen LogP contribution in [0.2, 0.25) is 0 Å². The highest BCUT2D eigenvalue weighted by Gasteiger charge is 2.03. The molecule has 0 spiro atoms. The summed E-state index contributed by atoms with van der Waals surface area (Å²) < 4.78 is 5.71. The molecule has 4 heteroatoms. The van der Waals surface area contributed by atoms with Crippen molar-refractivity contribution in [2.75, 3.05) is 6.54 Å². The number of hydrogen-bond acceptors (Lipinski definition) is 2. The van der Waals surface area contributed by atoms with Crippen molar-refractivity contribution in [3.63, 3.8) is 0 Å². The molecule has 0 bridgehead atoms. The third kappa shape index (κ3) is 7.02. The molecule has 0 heterocycles. The van der Waals surface area contributed by atoms with E-state index in [1.165, 1.54) is 0 Å². The van der Waals surface area contributed by atoms with E-state index in [0.717, 1.165) is 30.2 Å². The first kappa shape index (κ1) is 17.3. The van der Waals surface area contributed by atoms with Crippen LogP contribution in [0.15, 0.2) is 29.3 Å². The van der Waals surface area contributed by atoms with Gasteiger partial charge in [-0.05, 0) is 51.8 Å². The topological polar surface area (TPSA) is 45.7 Å². The van der Waals surface area contributed by atoms with Crippen LogP contribution in [0.1, 0.15) is 46.6 Å². The van der Waals surface area contributed by atoms with Crippen LogP contribution in [0.25, 0.3) is 0 Å². The zero-order valence-corrected chi connectivity index (χ0v) is 13.9. The Morgan fingerprint density at radius 3 is 2.62 bits per heavy atom. The lowest BCUT2D eigenvalue weighted by atomic mass is 10.2. The van der Waals surface area contributed by atoms with E-state index in [0.29, 0.717) is 12.6 Å². The van der Waals surface area contributed by atoms with E-state index in [9.17, 15) is 0 Å². The molecule has 118 valence electrons. The van der Waals surface area contributed by atoms with Gasteiger partial charge < -0.3 is 15.4 Å². The number of nitrogens with one attached hydrogen (secondary N) is 2. The number of benzene rings is 1. The fourth-order valence-electron chi connectivity index (χ4n) is 1.82. The van der Waals surface area contributed by atoms with E-state index in [1.807, 2.05) is 26.0 Å². The Labute approximate surface area is 129 Å². The summed E-state index contributed by atoms with van der Waals surface area (Å²) in [6, 6.07) is 8.53. The summed E-state index contributed by atoms with van der Waals surface area (Å²) >= 11 is 0. The first-order valence-electron chi connectivity index (χ1n) is 7.85. The van der Waals surface area contributed by atoms with Crippen molar-refractivity contribution in [2.45, 2.75) is 59.7 Å². The molecule has 0 saturated carbocycles.